The first kappa shape index (κ1) is 20.4. The largest absolute Gasteiger partial charge is 0.506 e. The van der Waals surface area contributed by atoms with Gasteiger partial charge in [-0.2, -0.15) is 31.8 Å². The lowest BCUT2D eigenvalue weighted by atomic mass is 10.1. The summed E-state index contributed by atoms with van der Waals surface area (Å²) in [6.07, 6.45) is 0. The fraction of sp³-hybridized carbons (Fsp3) is 0. The number of aromatic nitrogens is 3. The fourth-order valence-electron chi connectivity index (χ4n) is 2.48. The van der Waals surface area contributed by atoms with Crippen LogP contribution >= 0.6 is 23.2 Å². The van der Waals surface area contributed by atoms with Crippen LogP contribution < -0.4 is 5.32 Å². The molecule has 0 bridgehead atoms. The minimum atomic E-state index is -5.30. The van der Waals surface area contributed by atoms with Gasteiger partial charge in [0.1, 0.15) is 10.6 Å². The molecule has 0 aliphatic rings. The SMILES string of the molecule is O=S(=O)(O)c1c(S(=O)(=O)O)c(Nc2nc(Cl)nc(Cl)n2)c2ccccc2c1O. The van der Waals surface area contributed by atoms with Gasteiger partial charge in [0, 0.05) is 10.8 Å². The van der Waals surface area contributed by atoms with E-state index in [1.165, 1.54) is 24.3 Å². The van der Waals surface area contributed by atoms with Crippen LogP contribution in [0.5, 0.6) is 5.75 Å². The number of nitrogens with one attached hydrogen (secondary N) is 1. The molecule has 0 aliphatic carbocycles. The fourth-order valence-corrected chi connectivity index (χ4v) is 4.91. The predicted octanol–water partition coefficient (Wildman–Crippen LogP) is 2.27. The first-order valence-corrected chi connectivity index (χ1v) is 10.6. The van der Waals surface area contributed by atoms with Gasteiger partial charge in [-0.25, -0.2) is 0 Å². The molecule has 1 aromatic heterocycles. The normalized spacial score (nSPS) is 12.3. The Morgan fingerprint density at radius 2 is 1.32 bits per heavy atom. The zero-order valence-electron chi connectivity index (χ0n) is 13.2. The van der Waals surface area contributed by atoms with Crippen LogP contribution in [0.1, 0.15) is 0 Å². The molecule has 0 aliphatic heterocycles. The lowest BCUT2D eigenvalue weighted by Crippen LogP contribution is -2.13. The number of hydrogen-bond donors (Lipinski definition) is 4. The molecule has 3 rings (SSSR count). The number of nitrogens with zero attached hydrogens (tertiary/aromatic N) is 3. The van der Waals surface area contributed by atoms with Crippen molar-refractivity contribution in [3.8, 4) is 5.75 Å². The second-order valence-electron chi connectivity index (χ2n) is 5.20. The highest BCUT2D eigenvalue weighted by molar-refractivity contribution is 7.89. The standard InChI is InChI=1S/C13H8Cl2N4O7S2/c14-11-17-12(15)19-13(18-11)16-7-5-3-1-2-4-6(5)8(20)10(28(24,25)26)9(7)27(21,22)23/h1-4,20H,(H,21,22,23)(H,24,25,26)(H,16,17,18,19). The van der Waals surface area contributed by atoms with E-state index in [0.717, 1.165) is 0 Å². The number of phenolic OH excluding ortho intramolecular Hbond substituents is 1. The lowest BCUT2D eigenvalue weighted by Gasteiger charge is -2.17. The Hall–Kier alpha value is -2.29. The molecule has 3 aromatic rings. The number of anilines is 2. The van der Waals surface area contributed by atoms with Gasteiger partial charge in [0.15, 0.2) is 4.90 Å². The van der Waals surface area contributed by atoms with Crippen LogP contribution in [0.4, 0.5) is 11.6 Å². The summed E-state index contributed by atoms with van der Waals surface area (Å²) in [7, 11) is -10.6. The van der Waals surface area contributed by atoms with Crippen LogP contribution in [0.3, 0.4) is 0 Å². The van der Waals surface area contributed by atoms with E-state index in [0.29, 0.717) is 0 Å². The number of fused-ring (bicyclic) bond motifs is 1. The van der Waals surface area contributed by atoms with E-state index in [-0.39, 0.29) is 21.3 Å². The summed E-state index contributed by atoms with van der Waals surface area (Å²) in [6, 6.07) is 5.43. The lowest BCUT2D eigenvalue weighted by molar-refractivity contribution is 0.436. The molecule has 0 saturated heterocycles. The Balaban J connectivity index is 2.51. The Labute approximate surface area is 167 Å². The first-order chi connectivity index (χ1) is 12.9. The van der Waals surface area contributed by atoms with Crippen molar-refractivity contribution in [3.63, 3.8) is 0 Å². The van der Waals surface area contributed by atoms with Gasteiger partial charge in [-0.1, -0.05) is 24.3 Å². The smallest absolute Gasteiger partial charge is 0.299 e. The zero-order valence-corrected chi connectivity index (χ0v) is 16.3. The highest BCUT2D eigenvalue weighted by atomic mass is 35.5. The van der Waals surface area contributed by atoms with Gasteiger partial charge in [0.25, 0.3) is 20.2 Å². The summed E-state index contributed by atoms with van der Waals surface area (Å²) in [4.78, 5) is 8.10. The Bertz CT molecular complexity index is 1310. The molecular formula is C13H8Cl2N4O7S2. The van der Waals surface area contributed by atoms with Crippen molar-refractivity contribution in [1.29, 1.82) is 0 Å². The quantitative estimate of drug-likeness (QED) is 0.327. The van der Waals surface area contributed by atoms with Crippen molar-refractivity contribution in [2.75, 3.05) is 5.32 Å². The van der Waals surface area contributed by atoms with E-state index in [2.05, 4.69) is 20.3 Å². The Morgan fingerprint density at radius 3 is 1.82 bits per heavy atom. The average Bonchev–Trinajstić information content (AvgIpc) is 2.54. The summed E-state index contributed by atoms with van der Waals surface area (Å²) in [6.45, 7) is 0. The molecule has 0 saturated carbocycles. The summed E-state index contributed by atoms with van der Waals surface area (Å²) in [5.74, 6) is -1.48. The summed E-state index contributed by atoms with van der Waals surface area (Å²) < 4.78 is 66.6. The summed E-state index contributed by atoms with van der Waals surface area (Å²) >= 11 is 11.3. The molecule has 0 spiro atoms. The van der Waals surface area contributed by atoms with Crippen molar-refractivity contribution in [1.82, 2.24) is 15.0 Å². The molecule has 1 heterocycles. The van der Waals surface area contributed by atoms with Crippen LogP contribution in [-0.2, 0) is 20.2 Å². The third kappa shape index (κ3) is 3.80. The van der Waals surface area contributed by atoms with E-state index in [4.69, 9.17) is 23.2 Å². The molecule has 0 atom stereocenters. The van der Waals surface area contributed by atoms with Gasteiger partial charge in [-0.05, 0) is 23.2 Å². The molecule has 0 fully saturated rings. The molecule has 15 heteroatoms. The number of aromatic hydroxyl groups is 1. The van der Waals surface area contributed by atoms with Gasteiger partial charge < -0.3 is 10.4 Å². The van der Waals surface area contributed by atoms with E-state index < -0.39 is 47.4 Å². The molecule has 28 heavy (non-hydrogen) atoms. The number of halogens is 2. The van der Waals surface area contributed by atoms with Gasteiger partial charge in [-0.3, -0.25) is 9.11 Å². The third-order valence-electron chi connectivity index (χ3n) is 3.43. The van der Waals surface area contributed by atoms with Gasteiger partial charge in [0.2, 0.25) is 16.5 Å². The number of phenols is 1. The minimum absolute atomic E-state index is 0.0484. The second-order valence-corrected chi connectivity index (χ2v) is 8.59. The van der Waals surface area contributed by atoms with Crippen molar-refractivity contribution in [3.05, 3.63) is 34.8 Å². The second kappa shape index (κ2) is 6.95. The number of rotatable bonds is 4. The van der Waals surface area contributed by atoms with Gasteiger partial charge >= 0.3 is 0 Å². The van der Waals surface area contributed by atoms with Crippen LogP contribution in [-0.4, -0.2) is 46.0 Å². The molecule has 0 unspecified atom stereocenters. The van der Waals surface area contributed by atoms with Gasteiger partial charge in [0.05, 0.1) is 5.69 Å². The van der Waals surface area contributed by atoms with E-state index in [9.17, 15) is 31.0 Å². The van der Waals surface area contributed by atoms with Crippen molar-refractivity contribution in [2.24, 2.45) is 0 Å². The van der Waals surface area contributed by atoms with Crippen LogP contribution in [0.25, 0.3) is 10.8 Å². The Morgan fingerprint density at radius 1 is 0.821 bits per heavy atom. The summed E-state index contributed by atoms with van der Waals surface area (Å²) in [5.41, 5.74) is -0.554. The van der Waals surface area contributed by atoms with E-state index >= 15 is 0 Å². The molecule has 11 nitrogen and oxygen atoms in total. The predicted molar refractivity (Wildman–Crippen MR) is 98.4 cm³/mol. The Kier molecular flexibility index (Phi) is 5.07. The summed E-state index contributed by atoms with van der Waals surface area (Å²) in [5, 5.41) is 11.7. The van der Waals surface area contributed by atoms with E-state index in [1.54, 1.807) is 0 Å². The molecule has 4 N–H and O–H groups in total. The minimum Gasteiger partial charge on any atom is -0.506 e. The van der Waals surface area contributed by atoms with Gasteiger partial charge in [-0.15, -0.1) is 0 Å². The maximum absolute atomic E-state index is 12.0. The molecule has 148 valence electrons. The first-order valence-electron chi connectivity index (χ1n) is 6.96. The maximum Gasteiger partial charge on any atom is 0.299 e. The van der Waals surface area contributed by atoms with E-state index in [1.807, 2.05) is 0 Å². The third-order valence-corrected chi connectivity index (χ3v) is 5.74. The zero-order chi connectivity index (χ0) is 20.9. The number of hydrogen-bond acceptors (Lipinski definition) is 9. The maximum atomic E-state index is 12.0. The number of benzene rings is 2. The highest BCUT2D eigenvalue weighted by Gasteiger charge is 2.34. The van der Waals surface area contributed by atoms with Crippen LogP contribution in [0, 0.1) is 0 Å². The van der Waals surface area contributed by atoms with Crippen LogP contribution in [0.2, 0.25) is 10.6 Å². The molecular weight excluding hydrogens is 459 g/mol. The monoisotopic (exact) mass is 466 g/mol. The molecule has 0 radical (unpaired) electrons. The van der Waals surface area contributed by atoms with Crippen molar-refractivity contribution < 1.29 is 31.0 Å². The highest BCUT2D eigenvalue weighted by Crippen LogP contribution is 2.44. The van der Waals surface area contributed by atoms with Crippen LogP contribution in [0.15, 0.2) is 34.1 Å². The average molecular weight is 467 g/mol. The molecule has 0 amide bonds. The van der Waals surface area contributed by atoms with Crippen molar-refractivity contribution >= 4 is 65.8 Å². The molecule has 2 aromatic carbocycles. The topological polar surface area (TPSA) is 180 Å². The van der Waals surface area contributed by atoms with Crippen molar-refractivity contribution in [2.45, 2.75) is 9.79 Å².